The minimum absolute atomic E-state index is 0.521. The zero-order chi connectivity index (χ0) is 18.6. The maximum Gasteiger partial charge on any atom is 0.329 e. The highest BCUT2D eigenvalue weighted by atomic mass is 35.5. The van der Waals surface area contributed by atoms with Gasteiger partial charge in [-0.15, -0.1) is 0 Å². The van der Waals surface area contributed by atoms with Gasteiger partial charge in [0, 0.05) is 16.4 Å². The minimum Gasteiger partial charge on any atom is -0.318 e. The van der Waals surface area contributed by atoms with Crippen LogP contribution in [0.25, 0.3) is 0 Å². The van der Waals surface area contributed by atoms with Crippen LogP contribution in [0.1, 0.15) is 70.6 Å². The van der Waals surface area contributed by atoms with E-state index in [0.717, 1.165) is 31.4 Å². The molecule has 0 spiro atoms. The lowest BCUT2D eigenvalue weighted by Crippen LogP contribution is -2.33. The van der Waals surface area contributed by atoms with Crippen molar-refractivity contribution in [3.05, 3.63) is 29.3 Å². The van der Waals surface area contributed by atoms with Gasteiger partial charge in [-0.1, -0.05) is 56.5 Å². The van der Waals surface area contributed by atoms with E-state index in [1.165, 1.54) is 44.9 Å². The van der Waals surface area contributed by atoms with Crippen molar-refractivity contribution in [3.63, 3.8) is 0 Å². The third-order valence-electron chi connectivity index (χ3n) is 4.55. The highest BCUT2D eigenvalue weighted by Crippen LogP contribution is 2.15. The van der Waals surface area contributed by atoms with E-state index in [9.17, 15) is 9.59 Å². The van der Waals surface area contributed by atoms with E-state index >= 15 is 0 Å². The summed E-state index contributed by atoms with van der Waals surface area (Å²) >= 11 is 5.80. The number of amides is 2. The van der Waals surface area contributed by atoms with Gasteiger partial charge in [0.2, 0.25) is 0 Å². The molecule has 142 valence electrons. The zero-order valence-corrected chi connectivity index (χ0v) is 16.0. The second-order valence-corrected chi connectivity index (χ2v) is 7.20. The van der Waals surface area contributed by atoms with E-state index in [1.54, 1.807) is 24.3 Å². The number of nitrogens with zero attached hydrogens (tertiary/aromatic N) is 1. The second kappa shape index (κ2) is 11.7. The Morgan fingerprint density at radius 2 is 1.27 bits per heavy atom. The topological polar surface area (TPSA) is 70.6 Å². The molecule has 1 aromatic carbocycles. The van der Waals surface area contributed by atoms with Gasteiger partial charge in [-0.3, -0.25) is 9.59 Å². The van der Waals surface area contributed by atoms with Crippen LogP contribution in [-0.4, -0.2) is 17.5 Å². The van der Waals surface area contributed by atoms with E-state index in [1.807, 2.05) is 0 Å². The molecule has 5 nitrogen and oxygen atoms in total. The van der Waals surface area contributed by atoms with Crippen LogP contribution >= 0.6 is 11.6 Å². The molecule has 0 heterocycles. The summed E-state index contributed by atoms with van der Waals surface area (Å²) < 4.78 is 0. The molecule has 26 heavy (non-hydrogen) atoms. The number of hydrazone groups is 1. The van der Waals surface area contributed by atoms with Gasteiger partial charge >= 0.3 is 11.8 Å². The Kier molecular flexibility index (Phi) is 9.18. The molecular formula is C20H28ClN3O2. The largest absolute Gasteiger partial charge is 0.329 e. The van der Waals surface area contributed by atoms with Crippen molar-refractivity contribution < 1.29 is 9.59 Å². The number of rotatable bonds is 2. The third-order valence-corrected chi connectivity index (χ3v) is 4.81. The predicted octanol–water partition coefficient (Wildman–Crippen LogP) is 5.06. The van der Waals surface area contributed by atoms with Crippen LogP contribution in [0.15, 0.2) is 29.4 Å². The van der Waals surface area contributed by atoms with Crippen LogP contribution in [-0.2, 0) is 9.59 Å². The molecule has 2 amide bonds. The third kappa shape index (κ3) is 8.00. The first-order valence-corrected chi connectivity index (χ1v) is 9.95. The van der Waals surface area contributed by atoms with Crippen molar-refractivity contribution in [2.45, 2.75) is 70.6 Å². The van der Waals surface area contributed by atoms with Crippen molar-refractivity contribution in [1.82, 2.24) is 5.43 Å². The van der Waals surface area contributed by atoms with Gasteiger partial charge in [0.1, 0.15) is 0 Å². The number of carbonyl (C=O) groups excluding carboxylic acids is 2. The minimum atomic E-state index is -0.751. The lowest BCUT2D eigenvalue weighted by atomic mass is 10.00. The molecule has 2 N–H and O–H groups in total. The van der Waals surface area contributed by atoms with Crippen molar-refractivity contribution in [2.24, 2.45) is 5.10 Å². The molecule has 1 fully saturated rings. The molecule has 0 atom stereocenters. The monoisotopic (exact) mass is 377 g/mol. The van der Waals surface area contributed by atoms with Crippen LogP contribution in [0.5, 0.6) is 0 Å². The average molecular weight is 378 g/mol. The molecule has 0 bridgehead atoms. The number of hydrogen-bond donors (Lipinski definition) is 2. The fraction of sp³-hybridized carbons (Fsp3) is 0.550. The first kappa shape index (κ1) is 20.4. The average Bonchev–Trinajstić information content (AvgIpc) is 2.63. The smallest absolute Gasteiger partial charge is 0.318 e. The maximum atomic E-state index is 12.0. The summed E-state index contributed by atoms with van der Waals surface area (Å²) in [5.41, 5.74) is 3.91. The Hall–Kier alpha value is -1.88. The summed E-state index contributed by atoms with van der Waals surface area (Å²) in [5.74, 6) is -1.48. The maximum absolute atomic E-state index is 12.0. The summed E-state index contributed by atoms with van der Waals surface area (Å²) in [6, 6.07) is 6.60. The number of benzene rings is 1. The van der Waals surface area contributed by atoms with Gasteiger partial charge in [0.15, 0.2) is 0 Å². The Morgan fingerprint density at radius 1 is 0.769 bits per heavy atom. The van der Waals surface area contributed by atoms with Crippen molar-refractivity contribution in [1.29, 1.82) is 0 Å². The lowest BCUT2D eigenvalue weighted by Gasteiger charge is -2.10. The fourth-order valence-corrected chi connectivity index (χ4v) is 3.16. The molecule has 6 heteroatoms. The number of carbonyl (C=O) groups is 2. The molecule has 0 unspecified atom stereocenters. The molecule has 0 aliphatic heterocycles. The summed E-state index contributed by atoms with van der Waals surface area (Å²) in [7, 11) is 0. The van der Waals surface area contributed by atoms with Gasteiger partial charge in [-0.2, -0.15) is 5.10 Å². The molecule has 1 aromatic rings. The molecule has 0 aromatic heterocycles. The van der Waals surface area contributed by atoms with Crippen LogP contribution in [0.2, 0.25) is 5.02 Å². The van der Waals surface area contributed by atoms with Gasteiger partial charge in [0.25, 0.3) is 0 Å². The van der Waals surface area contributed by atoms with Crippen molar-refractivity contribution in [3.8, 4) is 0 Å². The van der Waals surface area contributed by atoms with Crippen molar-refractivity contribution in [2.75, 3.05) is 5.32 Å². The molecule has 1 aliphatic rings. The Morgan fingerprint density at radius 3 is 1.81 bits per heavy atom. The van der Waals surface area contributed by atoms with Gasteiger partial charge in [-0.05, 0) is 49.9 Å². The summed E-state index contributed by atoms with van der Waals surface area (Å²) in [5, 5.41) is 7.33. The number of anilines is 1. The van der Waals surface area contributed by atoms with Gasteiger partial charge in [-0.25, -0.2) is 5.43 Å². The predicted molar refractivity (Wildman–Crippen MR) is 106 cm³/mol. The molecule has 0 saturated heterocycles. The first-order valence-electron chi connectivity index (χ1n) is 9.57. The van der Waals surface area contributed by atoms with E-state index < -0.39 is 11.8 Å². The Labute approximate surface area is 160 Å². The van der Waals surface area contributed by atoms with Crippen LogP contribution in [0.4, 0.5) is 5.69 Å². The van der Waals surface area contributed by atoms with Crippen LogP contribution < -0.4 is 10.7 Å². The summed E-state index contributed by atoms with van der Waals surface area (Å²) in [4.78, 5) is 23.9. The number of halogens is 1. The SMILES string of the molecule is O=C(NN=C1CCCCCCCCCCC1)C(=O)Nc1ccc(Cl)cc1. The highest BCUT2D eigenvalue weighted by molar-refractivity contribution is 6.39. The standard InChI is InChI=1S/C20H28ClN3O2/c21-16-12-14-17(15-13-16)22-19(25)20(26)24-23-18-10-8-6-4-2-1-3-5-7-9-11-18/h12-15H,1-11H2,(H,22,25)(H,24,26). The summed E-state index contributed by atoms with van der Waals surface area (Å²) in [6.45, 7) is 0. The van der Waals surface area contributed by atoms with E-state index in [4.69, 9.17) is 11.6 Å². The van der Waals surface area contributed by atoms with E-state index in [0.29, 0.717) is 10.7 Å². The first-order chi connectivity index (χ1) is 12.6. The van der Waals surface area contributed by atoms with Gasteiger partial charge < -0.3 is 5.32 Å². The van der Waals surface area contributed by atoms with E-state index in [2.05, 4.69) is 15.8 Å². The van der Waals surface area contributed by atoms with E-state index in [-0.39, 0.29) is 0 Å². The Balaban J connectivity index is 1.84. The van der Waals surface area contributed by atoms with Crippen LogP contribution in [0.3, 0.4) is 0 Å². The summed E-state index contributed by atoms with van der Waals surface area (Å²) in [6.07, 6.45) is 12.9. The molecular weight excluding hydrogens is 350 g/mol. The molecule has 2 rings (SSSR count). The number of hydrogen-bond acceptors (Lipinski definition) is 3. The zero-order valence-electron chi connectivity index (χ0n) is 15.2. The highest BCUT2D eigenvalue weighted by Gasteiger charge is 2.13. The second-order valence-electron chi connectivity index (χ2n) is 6.76. The van der Waals surface area contributed by atoms with Crippen LogP contribution in [0, 0.1) is 0 Å². The Bertz CT molecular complexity index is 600. The lowest BCUT2D eigenvalue weighted by molar-refractivity contribution is -0.136. The molecule has 0 radical (unpaired) electrons. The molecule has 1 saturated carbocycles. The fourth-order valence-electron chi connectivity index (χ4n) is 3.03. The van der Waals surface area contributed by atoms with Gasteiger partial charge in [0.05, 0.1) is 0 Å². The number of nitrogens with one attached hydrogen (secondary N) is 2. The van der Waals surface area contributed by atoms with Crippen molar-refractivity contribution >= 4 is 34.8 Å². The molecule has 1 aliphatic carbocycles. The normalized spacial score (nSPS) is 16.7. The quantitative estimate of drug-likeness (QED) is 0.558.